The molecule has 8 heteroatoms. The van der Waals surface area contributed by atoms with Crippen molar-refractivity contribution in [2.24, 2.45) is 28.8 Å². The Bertz CT molecular complexity index is 1170. The van der Waals surface area contributed by atoms with Crippen LogP contribution < -0.4 is 14.8 Å². The van der Waals surface area contributed by atoms with Crippen molar-refractivity contribution in [3.63, 3.8) is 0 Å². The number of amides is 3. The van der Waals surface area contributed by atoms with E-state index in [0.29, 0.717) is 22.7 Å². The molecule has 2 bridgehead atoms. The monoisotopic (exact) mass is 459 g/mol. The summed E-state index contributed by atoms with van der Waals surface area (Å²) in [6.45, 7) is 1.71. The van der Waals surface area contributed by atoms with Gasteiger partial charge >= 0.3 is 0 Å². The van der Waals surface area contributed by atoms with Crippen LogP contribution in [0.2, 0.25) is 0 Å². The van der Waals surface area contributed by atoms with Gasteiger partial charge in [0.2, 0.25) is 0 Å². The molecule has 1 saturated carbocycles. The minimum atomic E-state index is -0.335. The van der Waals surface area contributed by atoms with Gasteiger partial charge in [-0.3, -0.25) is 14.4 Å². The van der Waals surface area contributed by atoms with Crippen LogP contribution in [-0.2, 0) is 14.4 Å². The minimum Gasteiger partial charge on any atom is -0.493 e. The van der Waals surface area contributed by atoms with Crippen molar-refractivity contribution in [2.45, 2.75) is 13.3 Å². The average Bonchev–Trinajstić information content (AvgIpc) is 3.52. The number of allylic oxidation sites excluding steroid dienone is 2. The predicted octanol–water partition coefficient (Wildman–Crippen LogP) is 3.16. The van der Waals surface area contributed by atoms with E-state index in [2.05, 4.69) is 10.4 Å². The third-order valence-electron chi connectivity index (χ3n) is 6.67. The summed E-state index contributed by atoms with van der Waals surface area (Å²) in [5, 5.41) is 7.98. The number of benzene rings is 2. The summed E-state index contributed by atoms with van der Waals surface area (Å²) in [4.78, 5) is 38.1. The first kappa shape index (κ1) is 21.9. The third kappa shape index (κ3) is 3.85. The van der Waals surface area contributed by atoms with E-state index in [-0.39, 0.29) is 48.0 Å². The second-order valence-electron chi connectivity index (χ2n) is 8.81. The Morgan fingerprint density at radius 2 is 1.76 bits per heavy atom. The molecule has 0 radical (unpaired) electrons. The number of aryl methyl sites for hydroxylation is 1. The maximum atomic E-state index is 12.9. The molecule has 3 amide bonds. The first-order valence-corrected chi connectivity index (χ1v) is 11.2. The first-order valence-electron chi connectivity index (χ1n) is 11.2. The van der Waals surface area contributed by atoms with Crippen LogP contribution in [0.15, 0.2) is 59.7 Å². The van der Waals surface area contributed by atoms with Gasteiger partial charge in [0.15, 0.2) is 18.1 Å². The first-order chi connectivity index (χ1) is 16.5. The SMILES string of the molecule is COc1cccc(C=NN2C(=O)C3C4C=CC(C4)C3C2=O)c1OCC(=O)Nc1ccc(C)cc1. The highest BCUT2D eigenvalue weighted by Crippen LogP contribution is 2.52. The second kappa shape index (κ2) is 8.78. The van der Waals surface area contributed by atoms with E-state index in [1.807, 2.05) is 43.3 Å². The number of nitrogens with one attached hydrogen (secondary N) is 1. The van der Waals surface area contributed by atoms with Crippen molar-refractivity contribution in [3.05, 3.63) is 65.7 Å². The molecule has 5 rings (SSSR count). The number of nitrogens with zero attached hydrogens (tertiary/aromatic N) is 2. The number of rotatable bonds is 7. The molecular weight excluding hydrogens is 434 g/mol. The molecule has 34 heavy (non-hydrogen) atoms. The largest absolute Gasteiger partial charge is 0.493 e. The molecular formula is C26H25N3O5. The van der Waals surface area contributed by atoms with E-state index in [1.165, 1.54) is 13.3 Å². The number of imide groups is 1. The van der Waals surface area contributed by atoms with Gasteiger partial charge in [-0.05, 0) is 49.4 Å². The zero-order valence-corrected chi connectivity index (χ0v) is 18.9. The van der Waals surface area contributed by atoms with Crippen molar-refractivity contribution in [1.29, 1.82) is 0 Å². The normalized spacial score (nSPS) is 24.7. The summed E-state index contributed by atoms with van der Waals surface area (Å²) < 4.78 is 11.2. The predicted molar refractivity (Wildman–Crippen MR) is 125 cm³/mol. The number of ether oxygens (including phenoxy) is 2. The van der Waals surface area contributed by atoms with Crippen LogP contribution in [0.4, 0.5) is 5.69 Å². The smallest absolute Gasteiger partial charge is 0.262 e. The van der Waals surface area contributed by atoms with E-state index >= 15 is 0 Å². The van der Waals surface area contributed by atoms with E-state index in [1.54, 1.807) is 18.2 Å². The van der Waals surface area contributed by atoms with Crippen molar-refractivity contribution in [3.8, 4) is 11.5 Å². The molecule has 2 aliphatic carbocycles. The Balaban J connectivity index is 1.30. The van der Waals surface area contributed by atoms with E-state index < -0.39 is 0 Å². The maximum absolute atomic E-state index is 12.9. The molecule has 4 unspecified atom stereocenters. The molecule has 1 aliphatic heterocycles. The van der Waals surface area contributed by atoms with E-state index in [4.69, 9.17) is 9.47 Å². The van der Waals surface area contributed by atoms with Crippen LogP contribution >= 0.6 is 0 Å². The fraction of sp³-hybridized carbons (Fsp3) is 0.308. The molecule has 174 valence electrons. The summed E-state index contributed by atoms with van der Waals surface area (Å²) in [6.07, 6.45) is 6.35. The lowest BCUT2D eigenvalue weighted by Crippen LogP contribution is -2.28. The summed E-state index contributed by atoms with van der Waals surface area (Å²) >= 11 is 0. The summed E-state index contributed by atoms with van der Waals surface area (Å²) in [7, 11) is 1.49. The highest BCUT2D eigenvalue weighted by molar-refractivity contribution is 6.07. The lowest BCUT2D eigenvalue weighted by Gasteiger charge is -2.14. The summed E-state index contributed by atoms with van der Waals surface area (Å²) in [5.74, 6) is -0.532. The Labute approximate surface area is 197 Å². The van der Waals surface area contributed by atoms with Gasteiger partial charge in [0.1, 0.15) is 0 Å². The lowest BCUT2D eigenvalue weighted by atomic mass is 9.85. The number of para-hydroxylation sites is 1. The summed E-state index contributed by atoms with van der Waals surface area (Å²) in [5.41, 5.74) is 2.25. The van der Waals surface area contributed by atoms with Gasteiger partial charge in [-0.2, -0.15) is 10.1 Å². The van der Waals surface area contributed by atoms with Gasteiger partial charge in [0.25, 0.3) is 17.7 Å². The van der Waals surface area contributed by atoms with E-state index in [9.17, 15) is 14.4 Å². The fourth-order valence-corrected chi connectivity index (χ4v) is 5.04. The number of methoxy groups -OCH3 is 1. The molecule has 0 aromatic heterocycles. The standard InChI is InChI=1S/C26H25N3O5/c1-15-6-10-19(11-7-15)28-21(30)14-34-24-18(4-3-5-20(24)33-2)13-27-29-25(31)22-16-8-9-17(12-16)23(22)26(29)32/h3-11,13,16-17,22-23H,12,14H2,1-2H3,(H,28,30). The van der Waals surface area contributed by atoms with Gasteiger partial charge < -0.3 is 14.8 Å². The van der Waals surface area contributed by atoms with Crippen LogP contribution in [-0.4, -0.2) is 42.7 Å². The molecule has 3 aliphatic rings. The minimum absolute atomic E-state index is 0.120. The Hall–Kier alpha value is -3.94. The number of anilines is 1. The number of hydrogen-bond donors (Lipinski definition) is 1. The fourth-order valence-electron chi connectivity index (χ4n) is 5.04. The van der Waals surface area contributed by atoms with Crippen molar-refractivity contribution in [2.75, 3.05) is 19.0 Å². The van der Waals surface area contributed by atoms with E-state index in [0.717, 1.165) is 17.0 Å². The molecule has 1 N–H and O–H groups in total. The molecule has 1 saturated heterocycles. The van der Waals surface area contributed by atoms with Crippen molar-refractivity contribution < 1.29 is 23.9 Å². The Kier molecular flexibility index (Phi) is 5.65. The number of fused-ring (bicyclic) bond motifs is 5. The second-order valence-corrected chi connectivity index (χ2v) is 8.81. The quantitative estimate of drug-likeness (QED) is 0.390. The highest BCUT2D eigenvalue weighted by Gasteiger charge is 2.59. The Morgan fingerprint density at radius 1 is 1.09 bits per heavy atom. The molecule has 0 spiro atoms. The van der Waals surface area contributed by atoms with Crippen LogP contribution in [0.25, 0.3) is 0 Å². The van der Waals surface area contributed by atoms with Gasteiger partial charge in [-0.1, -0.05) is 35.9 Å². The molecule has 1 heterocycles. The van der Waals surface area contributed by atoms with Gasteiger partial charge in [-0.15, -0.1) is 0 Å². The van der Waals surface area contributed by atoms with Crippen molar-refractivity contribution >= 4 is 29.6 Å². The van der Waals surface area contributed by atoms with Crippen LogP contribution in [0.3, 0.4) is 0 Å². The zero-order chi connectivity index (χ0) is 23.8. The molecule has 2 aromatic carbocycles. The van der Waals surface area contributed by atoms with Crippen molar-refractivity contribution in [1.82, 2.24) is 5.01 Å². The zero-order valence-electron chi connectivity index (χ0n) is 18.9. The number of carbonyl (C=O) groups excluding carboxylic acids is 3. The third-order valence-corrected chi connectivity index (χ3v) is 6.67. The maximum Gasteiger partial charge on any atom is 0.262 e. The van der Waals surface area contributed by atoms with Gasteiger partial charge in [0, 0.05) is 11.3 Å². The average molecular weight is 460 g/mol. The Morgan fingerprint density at radius 3 is 2.41 bits per heavy atom. The van der Waals surface area contributed by atoms with Crippen LogP contribution in [0.1, 0.15) is 17.5 Å². The van der Waals surface area contributed by atoms with Gasteiger partial charge in [-0.25, -0.2) is 0 Å². The highest BCUT2D eigenvalue weighted by atomic mass is 16.5. The molecule has 2 aromatic rings. The molecule has 2 fully saturated rings. The topological polar surface area (TPSA) is 97.3 Å². The number of carbonyl (C=O) groups is 3. The lowest BCUT2D eigenvalue weighted by molar-refractivity contribution is -0.140. The van der Waals surface area contributed by atoms with Gasteiger partial charge in [0.05, 0.1) is 25.2 Å². The number of hydrogen-bond acceptors (Lipinski definition) is 6. The molecule has 4 atom stereocenters. The van der Waals surface area contributed by atoms with Crippen LogP contribution in [0, 0.1) is 30.6 Å². The van der Waals surface area contributed by atoms with Crippen LogP contribution in [0.5, 0.6) is 11.5 Å². The molecule has 8 nitrogen and oxygen atoms in total. The summed E-state index contributed by atoms with van der Waals surface area (Å²) in [6, 6.07) is 12.6. The number of hydrazone groups is 1.